The molecule has 6 nitrogen and oxygen atoms in total. The molecule has 148 valence electrons. The molecule has 1 aromatic rings. The zero-order valence-corrected chi connectivity index (χ0v) is 17.2. The largest absolute Gasteiger partial charge is 0.385 e. The zero-order valence-electron chi connectivity index (χ0n) is 17.2. The van der Waals surface area contributed by atoms with Crippen molar-refractivity contribution in [3.05, 3.63) is 30.3 Å². The lowest BCUT2D eigenvalue weighted by Gasteiger charge is -2.26. The molecular formula is C20H37N5O. The molecule has 1 aromatic carbocycles. The predicted molar refractivity (Wildman–Crippen MR) is 112 cm³/mol. The van der Waals surface area contributed by atoms with Gasteiger partial charge < -0.3 is 25.2 Å². The van der Waals surface area contributed by atoms with Gasteiger partial charge in [0.1, 0.15) is 0 Å². The first kappa shape index (κ1) is 22.3. The van der Waals surface area contributed by atoms with Crippen molar-refractivity contribution < 1.29 is 4.74 Å². The Bertz CT molecular complexity index is 494. The number of anilines is 1. The van der Waals surface area contributed by atoms with Crippen LogP contribution in [-0.2, 0) is 4.74 Å². The van der Waals surface area contributed by atoms with Gasteiger partial charge in [0.15, 0.2) is 5.96 Å². The SMILES string of the molecule is CCNC(=NCC(C)N(C)c1ccccc1)NCCN(C)CCCOC. The lowest BCUT2D eigenvalue weighted by atomic mass is 10.2. The van der Waals surface area contributed by atoms with Crippen molar-refractivity contribution in [3.63, 3.8) is 0 Å². The van der Waals surface area contributed by atoms with Crippen molar-refractivity contribution in [2.45, 2.75) is 26.3 Å². The van der Waals surface area contributed by atoms with E-state index >= 15 is 0 Å². The molecule has 0 aliphatic carbocycles. The summed E-state index contributed by atoms with van der Waals surface area (Å²) in [5.74, 6) is 0.881. The van der Waals surface area contributed by atoms with Gasteiger partial charge in [-0.25, -0.2) is 0 Å². The fourth-order valence-corrected chi connectivity index (χ4v) is 2.56. The van der Waals surface area contributed by atoms with Crippen LogP contribution in [0.15, 0.2) is 35.3 Å². The maximum absolute atomic E-state index is 5.10. The first-order chi connectivity index (χ1) is 12.6. The van der Waals surface area contributed by atoms with Crippen LogP contribution in [0.4, 0.5) is 5.69 Å². The second-order valence-electron chi connectivity index (χ2n) is 6.59. The summed E-state index contributed by atoms with van der Waals surface area (Å²) in [5, 5.41) is 6.75. The fraction of sp³-hybridized carbons (Fsp3) is 0.650. The molecule has 0 saturated carbocycles. The highest BCUT2D eigenvalue weighted by Gasteiger charge is 2.09. The van der Waals surface area contributed by atoms with Gasteiger partial charge in [-0.1, -0.05) is 18.2 Å². The van der Waals surface area contributed by atoms with E-state index in [1.54, 1.807) is 7.11 Å². The number of hydrogen-bond acceptors (Lipinski definition) is 4. The average molecular weight is 364 g/mol. The molecule has 6 heteroatoms. The Kier molecular flexibility index (Phi) is 11.5. The Morgan fingerprint density at radius 3 is 2.54 bits per heavy atom. The van der Waals surface area contributed by atoms with Gasteiger partial charge in [0, 0.05) is 58.7 Å². The highest BCUT2D eigenvalue weighted by molar-refractivity contribution is 5.79. The summed E-state index contributed by atoms with van der Waals surface area (Å²) >= 11 is 0. The lowest BCUT2D eigenvalue weighted by molar-refractivity contribution is 0.180. The molecule has 0 heterocycles. The number of hydrogen-bond donors (Lipinski definition) is 2. The van der Waals surface area contributed by atoms with E-state index in [-0.39, 0.29) is 0 Å². The summed E-state index contributed by atoms with van der Waals surface area (Å²) in [6.07, 6.45) is 1.06. The molecule has 0 fully saturated rings. The van der Waals surface area contributed by atoms with Gasteiger partial charge in [-0.15, -0.1) is 0 Å². The maximum atomic E-state index is 5.10. The first-order valence-corrected chi connectivity index (χ1v) is 9.56. The van der Waals surface area contributed by atoms with Crippen molar-refractivity contribution in [3.8, 4) is 0 Å². The molecule has 1 atom stereocenters. The maximum Gasteiger partial charge on any atom is 0.191 e. The van der Waals surface area contributed by atoms with E-state index in [4.69, 9.17) is 9.73 Å². The molecule has 0 aliphatic heterocycles. The number of aliphatic imine (C=N–C) groups is 1. The molecule has 0 aromatic heterocycles. The van der Waals surface area contributed by atoms with Crippen LogP contribution in [0.3, 0.4) is 0 Å². The molecule has 0 saturated heterocycles. The van der Waals surface area contributed by atoms with Crippen LogP contribution in [0.25, 0.3) is 0 Å². The summed E-state index contributed by atoms with van der Waals surface area (Å²) < 4.78 is 5.10. The molecule has 26 heavy (non-hydrogen) atoms. The standard InChI is InChI=1S/C20H37N5O/c1-6-21-20(22-13-15-24(3)14-10-16-26-5)23-17-18(2)25(4)19-11-8-7-9-12-19/h7-9,11-12,18H,6,10,13-17H2,1-5H3,(H2,21,22,23). The Labute approximate surface area is 159 Å². The summed E-state index contributed by atoms with van der Waals surface area (Å²) in [6.45, 7) is 9.60. The quantitative estimate of drug-likeness (QED) is 0.338. The highest BCUT2D eigenvalue weighted by Crippen LogP contribution is 2.13. The molecule has 1 rings (SSSR count). The molecule has 0 spiro atoms. The highest BCUT2D eigenvalue weighted by atomic mass is 16.5. The number of nitrogens with zero attached hydrogens (tertiary/aromatic N) is 3. The van der Waals surface area contributed by atoms with Crippen molar-refractivity contribution >= 4 is 11.6 Å². The van der Waals surface area contributed by atoms with E-state index in [1.807, 2.05) is 6.07 Å². The minimum absolute atomic E-state index is 0.324. The Hall–Kier alpha value is -1.79. The summed E-state index contributed by atoms with van der Waals surface area (Å²) in [4.78, 5) is 9.31. The number of ether oxygens (including phenoxy) is 1. The van der Waals surface area contributed by atoms with Crippen molar-refractivity contribution in [1.82, 2.24) is 15.5 Å². The second kappa shape index (κ2) is 13.4. The number of methoxy groups -OCH3 is 1. The lowest BCUT2D eigenvalue weighted by Crippen LogP contribution is -2.42. The van der Waals surface area contributed by atoms with Gasteiger partial charge in [0.2, 0.25) is 0 Å². The van der Waals surface area contributed by atoms with E-state index < -0.39 is 0 Å². The summed E-state index contributed by atoms with van der Waals surface area (Å²) in [6, 6.07) is 10.8. The second-order valence-corrected chi connectivity index (χ2v) is 6.59. The normalized spacial score (nSPS) is 12.9. The number of para-hydroxylation sites is 1. The van der Waals surface area contributed by atoms with Gasteiger partial charge in [-0.05, 0) is 39.4 Å². The summed E-state index contributed by atoms with van der Waals surface area (Å²) in [7, 11) is 6.00. The van der Waals surface area contributed by atoms with Crippen molar-refractivity contribution in [2.75, 3.05) is 65.4 Å². The van der Waals surface area contributed by atoms with Gasteiger partial charge >= 0.3 is 0 Å². The van der Waals surface area contributed by atoms with E-state index in [0.29, 0.717) is 6.04 Å². The van der Waals surface area contributed by atoms with Crippen LogP contribution in [0.1, 0.15) is 20.3 Å². The van der Waals surface area contributed by atoms with Crippen LogP contribution in [0.2, 0.25) is 0 Å². The topological polar surface area (TPSA) is 52.1 Å². The number of guanidine groups is 1. The van der Waals surface area contributed by atoms with Crippen LogP contribution in [0, 0.1) is 0 Å². The molecule has 2 N–H and O–H groups in total. The third kappa shape index (κ3) is 9.06. The van der Waals surface area contributed by atoms with Crippen molar-refractivity contribution in [1.29, 1.82) is 0 Å². The molecule has 0 radical (unpaired) electrons. The monoisotopic (exact) mass is 363 g/mol. The minimum Gasteiger partial charge on any atom is -0.385 e. The first-order valence-electron chi connectivity index (χ1n) is 9.56. The van der Waals surface area contributed by atoms with Gasteiger partial charge in [-0.3, -0.25) is 4.99 Å². The number of likely N-dealkylation sites (N-methyl/N-ethyl adjacent to an activating group) is 2. The smallest absolute Gasteiger partial charge is 0.191 e. The van der Waals surface area contributed by atoms with E-state index in [0.717, 1.165) is 51.7 Å². The Balaban J connectivity index is 2.42. The third-order valence-corrected chi connectivity index (χ3v) is 4.36. The fourth-order valence-electron chi connectivity index (χ4n) is 2.56. The van der Waals surface area contributed by atoms with Crippen LogP contribution >= 0.6 is 0 Å². The Morgan fingerprint density at radius 2 is 1.88 bits per heavy atom. The van der Waals surface area contributed by atoms with E-state index in [1.165, 1.54) is 5.69 Å². The van der Waals surface area contributed by atoms with Gasteiger partial charge in [-0.2, -0.15) is 0 Å². The van der Waals surface area contributed by atoms with Crippen LogP contribution < -0.4 is 15.5 Å². The van der Waals surface area contributed by atoms with Crippen LogP contribution in [-0.4, -0.2) is 77.4 Å². The molecular weight excluding hydrogens is 326 g/mol. The number of rotatable bonds is 12. The van der Waals surface area contributed by atoms with Crippen molar-refractivity contribution in [2.24, 2.45) is 4.99 Å². The van der Waals surface area contributed by atoms with Crippen LogP contribution in [0.5, 0.6) is 0 Å². The van der Waals surface area contributed by atoms with Gasteiger partial charge in [0.25, 0.3) is 0 Å². The predicted octanol–water partition coefficient (Wildman–Crippen LogP) is 2.03. The van der Waals surface area contributed by atoms with Gasteiger partial charge in [0.05, 0.1) is 6.54 Å². The summed E-state index contributed by atoms with van der Waals surface area (Å²) in [5.41, 5.74) is 1.21. The van der Waals surface area contributed by atoms with E-state index in [9.17, 15) is 0 Å². The number of benzene rings is 1. The molecule has 0 bridgehead atoms. The molecule has 0 aliphatic rings. The average Bonchev–Trinajstić information content (AvgIpc) is 2.66. The third-order valence-electron chi connectivity index (χ3n) is 4.36. The zero-order chi connectivity index (χ0) is 19.2. The Morgan fingerprint density at radius 1 is 1.15 bits per heavy atom. The molecule has 1 unspecified atom stereocenters. The van der Waals surface area contributed by atoms with E-state index in [2.05, 4.69) is 72.6 Å². The minimum atomic E-state index is 0.324. The number of nitrogens with one attached hydrogen (secondary N) is 2. The molecule has 0 amide bonds.